The first kappa shape index (κ1) is 29.5. The SMILES string of the molecule is c1cc(-c2ccc(-c3ccc4ccc5cccc6ccc3c4c56)c(-c3cccc4ccccc34)c2)cc(-c2ccc3ccc4cccc5ccc2c3c45)c1. The van der Waals surface area contributed by atoms with Crippen LogP contribution in [0.1, 0.15) is 0 Å². The van der Waals surface area contributed by atoms with Gasteiger partial charge >= 0.3 is 0 Å². The van der Waals surface area contributed by atoms with Crippen LogP contribution in [0.5, 0.6) is 0 Å². The van der Waals surface area contributed by atoms with Gasteiger partial charge in [0.15, 0.2) is 0 Å². The third kappa shape index (κ3) is 4.26. The molecule has 0 unspecified atom stereocenters. The maximum atomic E-state index is 2.43. The van der Waals surface area contributed by atoms with Crippen LogP contribution in [-0.2, 0) is 0 Å². The zero-order valence-electron chi connectivity index (χ0n) is 29.5. The fourth-order valence-electron chi connectivity index (χ4n) is 9.47. The van der Waals surface area contributed by atoms with E-state index < -0.39 is 0 Å². The number of hydrogen-bond donors (Lipinski definition) is 0. The van der Waals surface area contributed by atoms with Crippen LogP contribution in [0.4, 0.5) is 0 Å². The Hall–Kier alpha value is -7.02. The molecule has 0 bridgehead atoms. The zero-order chi connectivity index (χ0) is 35.3. The minimum Gasteiger partial charge on any atom is -0.0616 e. The van der Waals surface area contributed by atoms with Gasteiger partial charge in [0.25, 0.3) is 0 Å². The molecule has 0 amide bonds. The summed E-state index contributed by atoms with van der Waals surface area (Å²) in [6.07, 6.45) is 0. The predicted molar refractivity (Wildman–Crippen MR) is 233 cm³/mol. The monoisotopic (exact) mass is 680 g/mol. The van der Waals surface area contributed by atoms with Crippen LogP contribution in [-0.4, -0.2) is 0 Å². The zero-order valence-corrected chi connectivity index (χ0v) is 29.5. The maximum Gasteiger partial charge on any atom is -0.00206 e. The largest absolute Gasteiger partial charge is 0.0616 e. The Morgan fingerprint density at radius 1 is 0.185 bits per heavy atom. The van der Waals surface area contributed by atoms with Gasteiger partial charge < -0.3 is 0 Å². The van der Waals surface area contributed by atoms with E-state index in [1.165, 1.54) is 120 Å². The Kier molecular flexibility index (Phi) is 6.15. The average Bonchev–Trinajstić information content (AvgIpc) is 3.24. The number of fused-ring (bicyclic) bond motifs is 1. The van der Waals surface area contributed by atoms with Gasteiger partial charge in [-0.3, -0.25) is 0 Å². The number of hydrogen-bond acceptors (Lipinski definition) is 0. The van der Waals surface area contributed by atoms with Gasteiger partial charge in [-0.15, -0.1) is 0 Å². The van der Waals surface area contributed by atoms with E-state index in [2.05, 4.69) is 194 Å². The van der Waals surface area contributed by atoms with Crippen LogP contribution in [0, 0.1) is 0 Å². The normalized spacial score (nSPS) is 12.1. The Balaban J connectivity index is 1.08. The molecular weight excluding hydrogens is 649 g/mol. The first-order valence-electron chi connectivity index (χ1n) is 18.8. The summed E-state index contributed by atoms with van der Waals surface area (Å²) in [5.74, 6) is 0. The second-order valence-corrected chi connectivity index (χ2v) is 14.8. The molecule has 12 rings (SSSR count). The Morgan fingerprint density at radius 2 is 0.630 bits per heavy atom. The summed E-state index contributed by atoms with van der Waals surface area (Å²) in [7, 11) is 0. The lowest BCUT2D eigenvalue weighted by molar-refractivity contribution is 1.58. The van der Waals surface area contributed by atoms with Crippen LogP contribution in [0.3, 0.4) is 0 Å². The molecule has 0 heterocycles. The second-order valence-electron chi connectivity index (χ2n) is 14.8. The molecule has 0 N–H and O–H groups in total. The van der Waals surface area contributed by atoms with Gasteiger partial charge in [0.05, 0.1) is 0 Å². The van der Waals surface area contributed by atoms with E-state index in [1.807, 2.05) is 0 Å². The lowest BCUT2D eigenvalue weighted by Gasteiger charge is -2.19. The fraction of sp³-hybridized carbons (Fsp3) is 0. The molecule has 0 aliphatic heterocycles. The van der Waals surface area contributed by atoms with Gasteiger partial charge in [0, 0.05) is 0 Å². The van der Waals surface area contributed by atoms with E-state index in [0.717, 1.165) is 0 Å². The van der Waals surface area contributed by atoms with Crippen LogP contribution in [0.15, 0.2) is 194 Å². The smallest absolute Gasteiger partial charge is 0.00206 e. The van der Waals surface area contributed by atoms with Gasteiger partial charge in [-0.1, -0.05) is 182 Å². The quantitative estimate of drug-likeness (QED) is 0.162. The van der Waals surface area contributed by atoms with Crippen LogP contribution < -0.4 is 0 Å². The molecule has 0 radical (unpaired) electrons. The van der Waals surface area contributed by atoms with Crippen molar-refractivity contribution in [2.75, 3.05) is 0 Å². The van der Waals surface area contributed by atoms with E-state index in [-0.39, 0.29) is 0 Å². The molecule has 54 heavy (non-hydrogen) atoms. The van der Waals surface area contributed by atoms with Crippen molar-refractivity contribution in [1.29, 1.82) is 0 Å². The molecule has 0 saturated carbocycles. The van der Waals surface area contributed by atoms with Gasteiger partial charge in [-0.25, -0.2) is 0 Å². The molecule has 248 valence electrons. The summed E-state index contributed by atoms with van der Waals surface area (Å²) < 4.78 is 0. The molecule has 0 aliphatic carbocycles. The van der Waals surface area contributed by atoms with E-state index in [4.69, 9.17) is 0 Å². The summed E-state index contributed by atoms with van der Waals surface area (Å²) >= 11 is 0. The molecule has 0 aliphatic rings. The first-order chi connectivity index (χ1) is 26.8. The van der Waals surface area contributed by atoms with E-state index >= 15 is 0 Å². The molecular formula is C54H32. The molecule has 0 spiro atoms. The third-order valence-electron chi connectivity index (χ3n) is 12.0. The van der Waals surface area contributed by atoms with Gasteiger partial charge in [-0.2, -0.15) is 0 Å². The lowest BCUT2D eigenvalue weighted by atomic mass is 9.85. The highest BCUT2D eigenvalue weighted by atomic mass is 14.2. The molecule has 12 aromatic carbocycles. The Bertz CT molecular complexity index is 3400. The van der Waals surface area contributed by atoms with Crippen molar-refractivity contribution in [1.82, 2.24) is 0 Å². The van der Waals surface area contributed by atoms with Crippen molar-refractivity contribution >= 4 is 75.4 Å². The van der Waals surface area contributed by atoms with Crippen LogP contribution in [0.25, 0.3) is 120 Å². The van der Waals surface area contributed by atoms with Gasteiger partial charge in [0.1, 0.15) is 0 Å². The predicted octanol–water partition coefficient (Wildman–Crippen LogP) is 15.3. The highest BCUT2D eigenvalue weighted by Crippen LogP contribution is 2.45. The van der Waals surface area contributed by atoms with Crippen LogP contribution >= 0.6 is 0 Å². The summed E-state index contributed by atoms with van der Waals surface area (Å²) in [5, 5.41) is 18.2. The standard InChI is InChI=1S/C54H32/c1-2-15-43-33(7-1)8-6-16-45(43)50-32-41(25-28-47(50)46-27-22-39-20-18-35-10-4-12-37-24-30-49(46)54(39)52(35)37)40-13-5-14-42(31-40)44-26-21-38-19-17-34-9-3-11-36-23-29-48(44)53(38)51(34)36/h1-32H. The van der Waals surface area contributed by atoms with E-state index in [1.54, 1.807) is 0 Å². The Morgan fingerprint density at radius 3 is 1.33 bits per heavy atom. The highest BCUT2D eigenvalue weighted by molar-refractivity contribution is 6.27. The topological polar surface area (TPSA) is 0 Å². The fourth-order valence-corrected chi connectivity index (χ4v) is 9.47. The molecule has 0 saturated heterocycles. The lowest BCUT2D eigenvalue weighted by Crippen LogP contribution is -1.92. The third-order valence-corrected chi connectivity index (χ3v) is 12.0. The number of benzene rings is 12. The average molecular weight is 681 g/mol. The molecule has 0 atom stereocenters. The van der Waals surface area contributed by atoms with Gasteiger partial charge in [0.2, 0.25) is 0 Å². The van der Waals surface area contributed by atoms with Gasteiger partial charge in [-0.05, 0) is 132 Å². The molecule has 0 heteroatoms. The highest BCUT2D eigenvalue weighted by Gasteiger charge is 2.18. The summed E-state index contributed by atoms with van der Waals surface area (Å²) in [4.78, 5) is 0. The number of rotatable bonds is 4. The summed E-state index contributed by atoms with van der Waals surface area (Å²) in [6.45, 7) is 0. The minimum absolute atomic E-state index is 1.21. The summed E-state index contributed by atoms with van der Waals surface area (Å²) in [5.41, 5.74) is 9.91. The molecule has 0 fully saturated rings. The van der Waals surface area contributed by atoms with E-state index in [9.17, 15) is 0 Å². The molecule has 12 aromatic rings. The van der Waals surface area contributed by atoms with Crippen molar-refractivity contribution in [3.05, 3.63) is 194 Å². The van der Waals surface area contributed by atoms with Crippen molar-refractivity contribution in [3.63, 3.8) is 0 Å². The van der Waals surface area contributed by atoms with Crippen molar-refractivity contribution in [3.8, 4) is 44.5 Å². The van der Waals surface area contributed by atoms with Crippen molar-refractivity contribution in [2.24, 2.45) is 0 Å². The minimum atomic E-state index is 1.21. The van der Waals surface area contributed by atoms with Crippen molar-refractivity contribution < 1.29 is 0 Å². The van der Waals surface area contributed by atoms with E-state index in [0.29, 0.717) is 0 Å². The van der Waals surface area contributed by atoms with Crippen LogP contribution in [0.2, 0.25) is 0 Å². The summed E-state index contributed by atoms with van der Waals surface area (Å²) in [6, 6.07) is 72.5. The Labute approximate surface area is 312 Å². The second kappa shape index (κ2) is 11.2. The van der Waals surface area contributed by atoms with Crippen molar-refractivity contribution in [2.45, 2.75) is 0 Å². The first-order valence-corrected chi connectivity index (χ1v) is 18.8. The molecule has 0 aromatic heterocycles. The maximum absolute atomic E-state index is 2.43. The molecule has 0 nitrogen and oxygen atoms in total.